The van der Waals surface area contributed by atoms with E-state index in [2.05, 4.69) is 29.9 Å². The third kappa shape index (κ3) is 3.06. The number of ether oxygens (including phenoxy) is 1. The van der Waals surface area contributed by atoms with Gasteiger partial charge in [0.25, 0.3) is 0 Å². The molecule has 0 aromatic carbocycles. The highest BCUT2D eigenvalue weighted by atomic mass is 16.5. The Balaban J connectivity index is 1.73. The lowest BCUT2D eigenvalue weighted by Crippen LogP contribution is -2.38. The summed E-state index contributed by atoms with van der Waals surface area (Å²) in [6.45, 7) is 4.52. The monoisotopic (exact) mass is 297 g/mol. The summed E-state index contributed by atoms with van der Waals surface area (Å²) in [5.74, 6) is 2.12. The standard InChI is InChI=1S/C18H23N3O/c1-12-9-14(15-6-8-20-11-16(15)19)10-13(2)18(12)22-17-5-3-4-7-21-17/h3-8,11-14,18H,9-10,19H2,1-2H3/t12-,13+,14?,18?. The van der Waals surface area contributed by atoms with Crippen molar-refractivity contribution in [3.8, 4) is 5.88 Å². The van der Waals surface area contributed by atoms with Crippen molar-refractivity contribution in [3.63, 3.8) is 0 Å². The minimum absolute atomic E-state index is 0.203. The van der Waals surface area contributed by atoms with E-state index in [1.54, 1.807) is 12.4 Å². The van der Waals surface area contributed by atoms with Crippen molar-refractivity contribution in [1.29, 1.82) is 0 Å². The summed E-state index contributed by atoms with van der Waals surface area (Å²) in [4.78, 5) is 8.37. The second kappa shape index (κ2) is 6.34. The molecule has 1 aliphatic carbocycles. The van der Waals surface area contributed by atoms with E-state index in [-0.39, 0.29) is 6.10 Å². The van der Waals surface area contributed by atoms with Crippen molar-refractivity contribution >= 4 is 5.69 Å². The summed E-state index contributed by atoms with van der Waals surface area (Å²) in [7, 11) is 0. The normalized spacial score (nSPS) is 28.3. The number of hydrogen-bond acceptors (Lipinski definition) is 4. The molecule has 116 valence electrons. The highest BCUT2D eigenvalue weighted by Crippen LogP contribution is 2.42. The molecule has 4 heteroatoms. The van der Waals surface area contributed by atoms with Crippen LogP contribution in [0.25, 0.3) is 0 Å². The smallest absolute Gasteiger partial charge is 0.213 e. The molecule has 0 amide bonds. The van der Waals surface area contributed by atoms with Crippen molar-refractivity contribution in [2.75, 3.05) is 5.73 Å². The molecule has 0 radical (unpaired) electrons. The largest absolute Gasteiger partial charge is 0.474 e. The maximum Gasteiger partial charge on any atom is 0.213 e. The maximum absolute atomic E-state index is 6.14. The molecule has 4 nitrogen and oxygen atoms in total. The highest BCUT2D eigenvalue weighted by molar-refractivity contribution is 5.46. The van der Waals surface area contributed by atoms with E-state index in [9.17, 15) is 0 Å². The molecule has 1 aliphatic rings. The first kappa shape index (κ1) is 14.8. The third-order valence-electron chi connectivity index (χ3n) is 4.66. The lowest BCUT2D eigenvalue weighted by atomic mass is 9.72. The third-order valence-corrected chi connectivity index (χ3v) is 4.66. The summed E-state index contributed by atoms with van der Waals surface area (Å²) in [6.07, 6.45) is 7.72. The first-order valence-electron chi connectivity index (χ1n) is 7.92. The van der Waals surface area contributed by atoms with Crippen molar-refractivity contribution in [2.24, 2.45) is 11.8 Å². The summed E-state index contributed by atoms with van der Waals surface area (Å²) in [5, 5.41) is 0. The van der Waals surface area contributed by atoms with Gasteiger partial charge in [-0.2, -0.15) is 0 Å². The zero-order valence-corrected chi connectivity index (χ0v) is 13.1. The van der Waals surface area contributed by atoms with Gasteiger partial charge in [0.1, 0.15) is 6.10 Å². The average molecular weight is 297 g/mol. The number of hydrogen-bond donors (Lipinski definition) is 1. The van der Waals surface area contributed by atoms with Gasteiger partial charge in [-0.1, -0.05) is 19.9 Å². The second-order valence-corrected chi connectivity index (χ2v) is 6.38. The van der Waals surface area contributed by atoms with Gasteiger partial charge in [-0.15, -0.1) is 0 Å². The molecular formula is C18H23N3O. The number of anilines is 1. The Hall–Kier alpha value is -2.10. The predicted molar refractivity (Wildman–Crippen MR) is 87.6 cm³/mol. The maximum atomic E-state index is 6.14. The van der Waals surface area contributed by atoms with Crippen molar-refractivity contribution < 1.29 is 4.74 Å². The second-order valence-electron chi connectivity index (χ2n) is 6.38. The van der Waals surface area contributed by atoms with Crippen LogP contribution in [0.1, 0.15) is 38.2 Å². The van der Waals surface area contributed by atoms with Gasteiger partial charge < -0.3 is 10.5 Å². The molecule has 2 heterocycles. The van der Waals surface area contributed by atoms with Crippen LogP contribution in [0.3, 0.4) is 0 Å². The Bertz CT molecular complexity index is 605. The fraction of sp³-hybridized carbons (Fsp3) is 0.444. The molecular weight excluding hydrogens is 274 g/mol. The number of nitrogen functional groups attached to an aromatic ring is 1. The van der Waals surface area contributed by atoms with Crippen LogP contribution in [-0.2, 0) is 0 Å². The number of pyridine rings is 2. The quantitative estimate of drug-likeness (QED) is 0.939. The minimum Gasteiger partial charge on any atom is -0.474 e. The summed E-state index contributed by atoms with van der Waals surface area (Å²) in [6, 6.07) is 7.84. The number of nitrogens with zero attached hydrogens (tertiary/aromatic N) is 2. The van der Waals surface area contributed by atoms with Gasteiger partial charge in [0.05, 0.1) is 11.9 Å². The summed E-state index contributed by atoms with van der Waals surface area (Å²) in [5.41, 5.74) is 8.13. The van der Waals surface area contributed by atoms with Crippen LogP contribution in [-0.4, -0.2) is 16.1 Å². The molecule has 0 spiro atoms. The van der Waals surface area contributed by atoms with Crippen LogP contribution in [0.15, 0.2) is 42.9 Å². The number of rotatable bonds is 3. The van der Waals surface area contributed by atoms with Crippen LogP contribution in [0.4, 0.5) is 5.69 Å². The Morgan fingerprint density at radius 2 is 1.86 bits per heavy atom. The summed E-state index contributed by atoms with van der Waals surface area (Å²) >= 11 is 0. The molecule has 4 atom stereocenters. The highest BCUT2D eigenvalue weighted by Gasteiger charge is 2.36. The van der Waals surface area contributed by atoms with Gasteiger partial charge in [-0.3, -0.25) is 4.98 Å². The fourth-order valence-electron chi connectivity index (χ4n) is 3.65. The van der Waals surface area contributed by atoms with Crippen LogP contribution in [0.2, 0.25) is 0 Å². The summed E-state index contributed by atoms with van der Waals surface area (Å²) < 4.78 is 6.14. The number of aromatic nitrogens is 2. The molecule has 22 heavy (non-hydrogen) atoms. The SMILES string of the molecule is C[C@@H]1CC(c2ccncc2N)C[C@H](C)C1Oc1ccccn1. The van der Waals surface area contributed by atoms with E-state index in [0.717, 1.165) is 18.5 Å². The first-order chi connectivity index (χ1) is 10.6. The lowest BCUT2D eigenvalue weighted by molar-refractivity contribution is 0.0426. The average Bonchev–Trinajstić information content (AvgIpc) is 2.52. The van der Waals surface area contributed by atoms with Gasteiger partial charge in [-0.05, 0) is 48.3 Å². The molecule has 2 N–H and O–H groups in total. The van der Waals surface area contributed by atoms with Gasteiger partial charge in [0.15, 0.2) is 0 Å². The predicted octanol–water partition coefficient (Wildman–Crippen LogP) is 3.66. The molecule has 0 bridgehead atoms. The van der Waals surface area contributed by atoms with E-state index in [1.165, 1.54) is 5.56 Å². The van der Waals surface area contributed by atoms with E-state index >= 15 is 0 Å². The number of nitrogens with two attached hydrogens (primary N) is 1. The lowest BCUT2D eigenvalue weighted by Gasteiger charge is -2.39. The fourth-order valence-corrected chi connectivity index (χ4v) is 3.65. The first-order valence-corrected chi connectivity index (χ1v) is 7.92. The minimum atomic E-state index is 0.203. The molecule has 1 fully saturated rings. The van der Waals surface area contributed by atoms with Crippen LogP contribution >= 0.6 is 0 Å². The van der Waals surface area contributed by atoms with E-state index in [0.29, 0.717) is 23.6 Å². The van der Waals surface area contributed by atoms with Crippen molar-refractivity contribution in [2.45, 2.75) is 38.7 Å². The van der Waals surface area contributed by atoms with Crippen molar-refractivity contribution in [3.05, 3.63) is 48.4 Å². The van der Waals surface area contributed by atoms with E-state index in [4.69, 9.17) is 10.5 Å². The molecule has 2 aromatic rings. The Morgan fingerprint density at radius 3 is 2.50 bits per heavy atom. The van der Waals surface area contributed by atoms with Gasteiger partial charge in [-0.25, -0.2) is 4.98 Å². The molecule has 1 saturated carbocycles. The van der Waals surface area contributed by atoms with E-state index in [1.807, 2.05) is 24.4 Å². The van der Waals surface area contributed by atoms with E-state index < -0.39 is 0 Å². The Kier molecular flexibility index (Phi) is 4.27. The molecule has 2 aromatic heterocycles. The Labute approximate surface area is 131 Å². The van der Waals surface area contributed by atoms with Gasteiger partial charge in [0.2, 0.25) is 5.88 Å². The molecule has 2 unspecified atom stereocenters. The Morgan fingerprint density at radius 1 is 1.09 bits per heavy atom. The van der Waals surface area contributed by atoms with Crippen LogP contribution in [0.5, 0.6) is 5.88 Å². The van der Waals surface area contributed by atoms with Crippen LogP contribution in [0, 0.1) is 11.8 Å². The van der Waals surface area contributed by atoms with Crippen LogP contribution < -0.4 is 10.5 Å². The topological polar surface area (TPSA) is 61.0 Å². The van der Waals surface area contributed by atoms with Crippen molar-refractivity contribution in [1.82, 2.24) is 9.97 Å². The van der Waals surface area contributed by atoms with Gasteiger partial charge in [0, 0.05) is 18.5 Å². The zero-order chi connectivity index (χ0) is 15.5. The molecule has 3 rings (SSSR count). The molecule has 0 saturated heterocycles. The zero-order valence-electron chi connectivity index (χ0n) is 13.1. The molecule has 0 aliphatic heterocycles. The van der Waals surface area contributed by atoms with Gasteiger partial charge >= 0.3 is 0 Å².